The van der Waals surface area contributed by atoms with Gasteiger partial charge in [0.25, 0.3) is 0 Å². The second kappa shape index (κ2) is 6.40. The van der Waals surface area contributed by atoms with Crippen molar-refractivity contribution in [2.45, 2.75) is 31.3 Å². The predicted molar refractivity (Wildman–Crippen MR) is 98.9 cm³/mol. The number of aromatic amines is 1. The molecule has 0 unspecified atom stereocenters. The van der Waals surface area contributed by atoms with Crippen molar-refractivity contribution in [3.63, 3.8) is 0 Å². The van der Waals surface area contributed by atoms with Gasteiger partial charge in [-0.05, 0) is 45.2 Å². The number of rotatable bonds is 4. The lowest BCUT2D eigenvalue weighted by atomic mass is 10.1. The number of esters is 1. The third-order valence-electron chi connectivity index (χ3n) is 3.57. The largest absolute Gasteiger partial charge is 0.481 e. The highest BCUT2D eigenvalue weighted by atomic mass is 32.2. The summed E-state index contributed by atoms with van der Waals surface area (Å²) in [6.45, 7) is 5.43. The molecule has 2 aromatic carbocycles. The van der Waals surface area contributed by atoms with Gasteiger partial charge in [0.15, 0.2) is 6.61 Å². The highest BCUT2D eigenvalue weighted by Gasteiger charge is 2.18. The zero-order chi connectivity index (χ0) is 17.3. The molecule has 0 saturated heterocycles. The third kappa shape index (κ3) is 3.36. The minimum absolute atomic E-state index is 0.101. The molecule has 126 valence electrons. The van der Waals surface area contributed by atoms with Crippen LogP contribution in [0.25, 0.3) is 21.8 Å². The van der Waals surface area contributed by atoms with Crippen LogP contribution in [0, 0.1) is 0 Å². The topological polar surface area (TPSA) is 51.3 Å². The average molecular weight is 343 g/mol. The Kier molecular flexibility index (Phi) is 4.45. The van der Waals surface area contributed by atoms with Crippen LogP contribution in [0.15, 0.2) is 41.3 Å². The molecular formula is C19H21NO3S. The van der Waals surface area contributed by atoms with E-state index >= 15 is 0 Å². The number of para-hydroxylation sites is 1. The lowest BCUT2D eigenvalue weighted by Crippen LogP contribution is -2.27. The number of H-pyrrole nitrogens is 1. The lowest BCUT2D eigenvalue weighted by Gasteiger charge is -2.19. The summed E-state index contributed by atoms with van der Waals surface area (Å²) in [4.78, 5) is 16.3. The molecule has 0 fully saturated rings. The fraction of sp³-hybridized carbons (Fsp3) is 0.316. The van der Waals surface area contributed by atoms with Crippen LogP contribution in [0.5, 0.6) is 5.75 Å². The monoisotopic (exact) mass is 343 g/mol. The maximum atomic E-state index is 11.9. The van der Waals surface area contributed by atoms with Crippen molar-refractivity contribution in [1.29, 1.82) is 0 Å². The molecular weight excluding hydrogens is 322 g/mol. The SMILES string of the molecule is CSc1c(OCC(=O)OC(C)(C)C)ccc2c1[nH]c1ccccc12. The first-order valence-corrected chi connectivity index (χ1v) is 9.03. The molecule has 5 heteroatoms. The van der Waals surface area contributed by atoms with Crippen LogP contribution in [0.3, 0.4) is 0 Å². The van der Waals surface area contributed by atoms with Crippen molar-refractivity contribution in [3.8, 4) is 5.75 Å². The van der Waals surface area contributed by atoms with E-state index in [1.54, 1.807) is 11.8 Å². The summed E-state index contributed by atoms with van der Waals surface area (Å²) in [7, 11) is 0. The lowest BCUT2D eigenvalue weighted by molar-refractivity contribution is -0.157. The maximum absolute atomic E-state index is 11.9. The molecule has 0 aliphatic heterocycles. The predicted octanol–water partition coefficient (Wildman–Crippen LogP) is 4.76. The van der Waals surface area contributed by atoms with Crippen molar-refractivity contribution in [2.24, 2.45) is 0 Å². The first kappa shape index (κ1) is 16.7. The number of nitrogens with one attached hydrogen (secondary N) is 1. The van der Waals surface area contributed by atoms with Gasteiger partial charge in [-0.25, -0.2) is 4.79 Å². The van der Waals surface area contributed by atoms with E-state index in [2.05, 4.69) is 17.1 Å². The summed E-state index contributed by atoms with van der Waals surface area (Å²) in [5.41, 5.74) is 1.61. The summed E-state index contributed by atoms with van der Waals surface area (Å²) in [6, 6.07) is 12.1. The van der Waals surface area contributed by atoms with E-state index in [1.165, 1.54) is 5.39 Å². The molecule has 1 heterocycles. The van der Waals surface area contributed by atoms with E-state index in [0.717, 1.165) is 21.3 Å². The van der Waals surface area contributed by atoms with Crippen LogP contribution in [0.4, 0.5) is 0 Å². The summed E-state index contributed by atoms with van der Waals surface area (Å²) in [6.07, 6.45) is 2.00. The Bertz CT molecular complexity index is 893. The molecule has 4 nitrogen and oxygen atoms in total. The molecule has 3 rings (SSSR count). The smallest absolute Gasteiger partial charge is 0.344 e. The molecule has 24 heavy (non-hydrogen) atoms. The summed E-state index contributed by atoms with van der Waals surface area (Å²) in [5, 5.41) is 2.33. The van der Waals surface area contributed by atoms with E-state index < -0.39 is 5.60 Å². The number of hydrogen-bond acceptors (Lipinski definition) is 4. The molecule has 0 aliphatic carbocycles. The standard InChI is InChI=1S/C19H21NO3S/c1-19(2,3)23-16(21)11-22-15-10-9-13-12-7-5-6-8-14(12)20-17(13)18(15)24-4/h5-10,20H,11H2,1-4H3. The quantitative estimate of drug-likeness (QED) is 0.548. The zero-order valence-corrected chi connectivity index (χ0v) is 15.1. The van der Waals surface area contributed by atoms with Crippen LogP contribution in [-0.2, 0) is 9.53 Å². The molecule has 3 aromatic rings. The number of aromatic nitrogens is 1. The average Bonchev–Trinajstić information content (AvgIpc) is 2.89. The molecule has 0 atom stereocenters. The van der Waals surface area contributed by atoms with Gasteiger partial charge < -0.3 is 14.5 Å². The Balaban J connectivity index is 1.91. The Labute approximate surface area is 145 Å². The zero-order valence-electron chi connectivity index (χ0n) is 14.3. The van der Waals surface area contributed by atoms with Gasteiger partial charge in [0.05, 0.1) is 10.4 Å². The number of hydrogen-bond donors (Lipinski definition) is 1. The first-order chi connectivity index (χ1) is 11.4. The van der Waals surface area contributed by atoms with Gasteiger partial charge in [-0.2, -0.15) is 0 Å². The second-order valence-electron chi connectivity index (χ2n) is 6.57. The Morgan fingerprint density at radius 1 is 1.12 bits per heavy atom. The molecule has 0 saturated carbocycles. The van der Waals surface area contributed by atoms with Gasteiger partial charge in [0, 0.05) is 16.3 Å². The molecule has 1 aromatic heterocycles. The minimum atomic E-state index is -0.510. The van der Waals surface area contributed by atoms with Gasteiger partial charge in [0.2, 0.25) is 0 Å². The number of carbonyl (C=O) groups excluding carboxylic acids is 1. The molecule has 0 radical (unpaired) electrons. The normalized spacial score (nSPS) is 11.8. The Morgan fingerprint density at radius 2 is 1.88 bits per heavy atom. The van der Waals surface area contributed by atoms with Crippen LogP contribution in [-0.4, -0.2) is 29.4 Å². The number of ether oxygens (including phenoxy) is 2. The van der Waals surface area contributed by atoms with E-state index in [1.807, 2.05) is 51.3 Å². The molecule has 0 aliphatic rings. The number of benzene rings is 2. The van der Waals surface area contributed by atoms with Crippen LogP contribution in [0.2, 0.25) is 0 Å². The van der Waals surface area contributed by atoms with E-state index in [4.69, 9.17) is 9.47 Å². The van der Waals surface area contributed by atoms with Crippen LogP contribution >= 0.6 is 11.8 Å². The number of carbonyl (C=O) groups is 1. The van der Waals surface area contributed by atoms with Gasteiger partial charge in [0.1, 0.15) is 11.4 Å². The van der Waals surface area contributed by atoms with Gasteiger partial charge in [-0.1, -0.05) is 18.2 Å². The number of fused-ring (bicyclic) bond motifs is 3. The van der Waals surface area contributed by atoms with Crippen molar-refractivity contribution >= 4 is 39.5 Å². The molecule has 1 N–H and O–H groups in total. The van der Waals surface area contributed by atoms with Crippen molar-refractivity contribution < 1.29 is 14.3 Å². The summed E-state index contributed by atoms with van der Waals surface area (Å²) < 4.78 is 11.0. The van der Waals surface area contributed by atoms with Crippen molar-refractivity contribution in [3.05, 3.63) is 36.4 Å². The van der Waals surface area contributed by atoms with Gasteiger partial charge >= 0.3 is 5.97 Å². The van der Waals surface area contributed by atoms with Crippen LogP contribution in [0.1, 0.15) is 20.8 Å². The van der Waals surface area contributed by atoms with E-state index in [-0.39, 0.29) is 12.6 Å². The second-order valence-corrected chi connectivity index (χ2v) is 7.38. The Hall–Kier alpha value is -2.14. The van der Waals surface area contributed by atoms with Gasteiger partial charge in [-0.15, -0.1) is 11.8 Å². The highest BCUT2D eigenvalue weighted by molar-refractivity contribution is 7.99. The molecule has 0 spiro atoms. The summed E-state index contributed by atoms with van der Waals surface area (Å²) >= 11 is 1.60. The first-order valence-electron chi connectivity index (χ1n) is 7.81. The fourth-order valence-corrected chi connectivity index (χ4v) is 3.39. The molecule has 0 amide bonds. The third-order valence-corrected chi connectivity index (χ3v) is 4.38. The van der Waals surface area contributed by atoms with Gasteiger partial charge in [-0.3, -0.25) is 0 Å². The molecule has 0 bridgehead atoms. The fourth-order valence-electron chi connectivity index (χ4n) is 2.70. The Morgan fingerprint density at radius 3 is 2.58 bits per heavy atom. The minimum Gasteiger partial charge on any atom is -0.481 e. The summed E-state index contributed by atoms with van der Waals surface area (Å²) in [5.74, 6) is 0.318. The number of thioether (sulfide) groups is 1. The maximum Gasteiger partial charge on any atom is 0.344 e. The van der Waals surface area contributed by atoms with E-state index in [0.29, 0.717) is 5.75 Å². The van der Waals surface area contributed by atoms with Crippen molar-refractivity contribution in [2.75, 3.05) is 12.9 Å². The van der Waals surface area contributed by atoms with Crippen molar-refractivity contribution in [1.82, 2.24) is 4.98 Å². The van der Waals surface area contributed by atoms with E-state index in [9.17, 15) is 4.79 Å². The van der Waals surface area contributed by atoms with Crippen LogP contribution < -0.4 is 4.74 Å². The highest BCUT2D eigenvalue weighted by Crippen LogP contribution is 2.38.